The summed E-state index contributed by atoms with van der Waals surface area (Å²) >= 11 is 5.70. The zero-order chi connectivity index (χ0) is 11.3. The molecule has 1 rings (SSSR count). The maximum atomic E-state index is 13.2. The first-order chi connectivity index (χ1) is 7.13. The number of Topliss-reactive ketones (excluding diaryl/α,β-unsaturated/α-hetero) is 1. The minimum atomic E-state index is -0.413. The van der Waals surface area contributed by atoms with E-state index in [2.05, 4.69) is 0 Å². The normalized spacial score (nSPS) is 10.3. The number of hydrogen-bond acceptors (Lipinski definition) is 2. The minimum Gasteiger partial charge on any atom is -0.374 e. The van der Waals surface area contributed by atoms with Crippen LogP contribution in [-0.4, -0.2) is 19.0 Å². The molecule has 0 spiro atoms. The third-order valence-electron chi connectivity index (χ3n) is 1.86. The van der Waals surface area contributed by atoms with E-state index in [4.69, 9.17) is 16.3 Å². The molecular weight excluding hydrogens is 219 g/mol. The molecule has 0 bridgehead atoms. The fraction of sp³-hybridized carbons (Fsp3) is 0.364. The Morgan fingerprint density at radius 2 is 2.27 bits per heavy atom. The van der Waals surface area contributed by atoms with Crippen molar-refractivity contribution in [2.24, 2.45) is 0 Å². The van der Waals surface area contributed by atoms with Crippen LogP contribution in [0.15, 0.2) is 18.2 Å². The molecule has 0 saturated heterocycles. The Labute approximate surface area is 93.0 Å². The van der Waals surface area contributed by atoms with Crippen molar-refractivity contribution >= 4 is 17.4 Å². The van der Waals surface area contributed by atoms with Crippen molar-refractivity contribution in [2.45, 2.75) is 13.3 Å². The topological polar surface area (TPSA) is 26.3 Å². The molecule has 0 fully saturated rings. The second-order valence-corrected chi connectivity index (χ2v) is 3.52. The van der Waals surface area contributed by atoms with E-state index in [9.17, 15) is 9.18 Å². The van der Waals surface area contributed by atoms with Crippen LogP contribution in [0.2, 0.25) is 5.02 Å². The molecule has 0 aromatic heterocycles. The minimum absolute atomic E-state index is 0.0163. The molecule has 1 aromatic rings. The van der Waals surface area contributed by atoms with Crippen molar-refractivity contribution in [1.29, 1.82) is 0 Å². The Balaban J connectivity index is 2.63. The standard InChI is InChI=1S/C11H12ClFO2/c1-2-15-7-10(14)6-8-5-9(12)3-4-11(8)13/h3-5H,2,6-7H2,1H3. The van der Waals surface area contributed by atoms with Crippen molar-refractivity contribution in [1.82, 2.24) is 0 Å². The predicted octanol–water partition coefficient (Wildman–Crippen LogP) is 2.63. The first-order valence-electron chi connectivity index (χ1n) is 4.67. The van der Waals surface area contributed by atoms with Gasteiger partial charge in [-0.3, -0.25) is 4.79 Å². The van der Waals surface area contributed by atoms with Gasteiger partial charge in [-0.2, -0.15) is 0 Å². The van der Waals surface area contributed by atoms with Gasteiger partial charge >= 0.3 is 0 Å². The van der Waals surface area contributed by atoms with Crippen molar-refractivity contribution < 1.29 is 13.9 Å². The van der Waals surface area contributed by atoms with Crippen LogP contribution in [0.5, 0.6) is 0 Å². The van der Waals surface area contributed by atoms with Gasteiger partial charge in [-0.05, 0) is 30.7 Å². The molecule has 0 N–H and O–H groups in total. The van der Waals surface area contributed by atoms with Crippen LogP contribution in [0.1, 0.15) is 12.5 Å². The molecule has 0 radical (unpaired) electrons. The third kappa shape index (κ3) is 3.98. The highest BCUT2D eigenvalue weighted by atomic mass is 35.5. The first kappa shape index (κ1) is 12.1. The van der Waals surface area contributed by atoms with E-state index in [0.717, 1.165) is 0 Å². The lowest BCUT2D eigenvalue weighted by Gasteiger charge is -2.03. The zero-order valence-corrected chi connectivity index (χ0v) is 9.18. The highest BCUT2D eigenvalue weighted by Gasteiger charge is 2.08. The lowest BCUT2D eigenvalue weighted by Crippen LogP contribution is -2.12. The summed E-state index contributed by atoms with van der Waals surface area (Å²) in [6.07, 6.45) is 0.0202. The molecule has 0 saturated carbocycles. The SMILES string of the molecule is CCOCC(=O)Cc1cc(Cl)ccc1F. The summed E-state index contributed by atoms with van der Waals surface area (Å²) < 4.78 is 18.1. The Morgan fingerprint density at radius 3 is 2.93 bits per heavy atom. The second-order valence-electron chi connectivity index (χ2n) is 3.09. The van der Waals surface area contributed by atoms with Gasteiger partial charge in [0.2, 0.25) is 0 Å². The summed E-state index contributed by atoms with van der Waals surface area (Å²) in [5.74, 6) is -0.567. The van der Waals surface area contributed by atoms with Crippen LogP contribution in [0.3, 0.4) is 0 Å². The molecule has 0 unspecified atom stereocenters. The molecule has 0 amide bonds. The van der Waals surface area contributed by atoms with Gasteiger partial charge in [-0.25, -0.2) is 4.39 Å². The third-order valence-corrected chi connectivity index (χ3v) is 2.10. The lowest BCUT2D eigenvalue weighted by molar-refractivity contribution is -0.122. The maximum Gasteiger partial charge on any atom is 0.162 e. The van der Waals surface area contributed by atoms with E-state index in [1.54, 1.807) is 6.92 Å². The van der Waals surface area contributed by atoms with Crippen LogP contribution in [-0.2, 0) is 16.0 Å². The van der Waals surface area contributed by atoms with Crippen molar-refractivity contribution in [3.8, 4) is 0 Å². The molecule has 0 heterocycles. The van der Waals surface area contributed by atoms with Gasteiger partial charge in [0.15, 0.2) is 5.78 Å². The summed E-state index contributed by atoms with van der Waals surface area (Å²) in [4.78, 5) is 11.3. The molecule has 0 atom stereocenters. The number of carbonyl (C=O) groups excluding carboxylic acids is 1. The fourth-order valence-electron chi connectivity index (χ4n) is 1.16. The Bertz CT molecular complexity index is 352. The highest BCUT2D eigenvalue weighted by Crippen LogP contribution is 2.15. The average molecular weight is 231 g/mol. The predicted molar refractivity (Wildman–Crippen MR) is 56.6 cm³/mol. The molecule has 15 heavy (non-hydrogen) atoms. The molecule has 82 valence electrons. The Kier molecular flexibility index (Phi) is 4.72. The van der Waals surface area contributed by atoms with Gasteiger partial charge in [0.05, 0.1) is 0 Å². The summed E-state index contributed by atoms with van der Waals surface area (Å²) in [6, 6.07) is 4.17. The van der Waals surface area contributed by atoms with Crippen molar-refractivity contribution in [2.75, 3.05) is 13.2 Å². The Morgan fingerprint density at radius 1 is 1.53 bits per heavy atom. The summed E-state index contributed by atoms with van der Waals surface area (Å²) in [5.41, 5.74) is 0.312. The first-order valence-corrected chi connectivity index (χ1v) is 5.04. The van der Waals surface area contributed by atoms with Crippen LogP contribution < -0.4 is 0 Å². The van der Waals surface area contributed by atoms with Crippen molar-refractivity contribution in [3.05, 3.63) is 34.6 Å². The summed E-state index contributed by atoms with van der Waals surface area (Å²) in [6.45, 7) is 2.29. The maximum absolute atomic E-state index is 13.2. The number of benzene rings is 1. The monoisotopic (exact) mass is 230 g/mol. The number of halogens is 2. The molecule has 1 aromatic carbocycles. The molecule has 2 nitrogen and oxygen atoms in total. The van der Waals surface area contributed by atoms with Crippen LogP contribution >= 0.6 is 11.6 Å². The number of hydrogen-bond donors (Lipinski definition) is 0. The number of rotatable bonds is 5. The van der Waals surface area contributed by atoms with Gasteiger partial charge in [0.1, 0.15) is 12.4 Å². The Hall–Kier alpha value is -0.930. The van der Waals surface area contributed by atoms with Gasteiger partial charge < -0.3 is 4.74 Å². The van der Waals surface area contributed by atoms with E-state index >= 15 is 0 Å². The van der Waals surface area contributed by atoms with E-state index in [-0.39, 0.29) is 18.8 Å². The van der Waals surface area contributed by atoms with Gasteiger partial charge in [0, 0.05) is 18.1 Å². The fourth-order valence-corrected chi connectivity index (χ4v) is 1.35. The van der Waals surface area contributed by atoms with Gasteiger partial charge in [-0.1, -0.05) is 11.6 Å². The van der Waals surface area contributed by atoms with E-state index in [1.165, 1.54) is 18.2 Å². The van der Waals surface area contributed by atoms with Crippen LogP contribution in [0.25, 0.3) is 0 Å². The molecule has 0 aliphatic rings. The molecular formula is C11H12ClFO2. The zero-order valence-electron chi connectivity index (χ0n) is 8.43. The van der Waals surface area contributed by atoms with E-state index in [1.807, 2.05) is 0 Å². The number of carbonyl (C=O) groups is 1. The van der Waals surface area contributed by atoms with E-state index in [0.29, 0.717) is 17.2 Å². The average Bonchev–Trinajstić information content (AvgIpc) is 2.20. The second kappa shape index (κ2) is 5.83. The smallest absolute Gasteiger partial charge is 0.162 e. The number of ketones is 1. The summed E-state index contributed by atoms with van der Waals surface area (Å²) in [7, 11) is 0. The van der Waals surface area contributed by atoms with Gasteiger partial charge in [-0.15, -0.1) is 0 Å². The molecule has 4 heteroatoms. The highest BCUT2D eigenvalue weighted by molar-refractivity contribution is 6.30. The number of ether oxygens (including phenoxy) is 1. The van der Waals surface area contributed by atoms with Crippen LogP contribution in [0, 0.1) is 5.82 Å². The van der Waals surface area contributed by atoms with Crippen LogP contribution in [0.4, 0.5) is 4.39 Å². The lowest BCUT2D eigenvalue weighted by atomic mass is 10.1. The molecule has 0 aliphatic carbocycles. The summed E-state index contributed by atoms with van der Waals surface area (Å²) in [5, 5.41) is 0.426. The van der Waals surface area contributed by atoms with Gasteiger partial charge in [0.25, 0.3) is 0 Å². The molecule has 0 aliphatic heterocycles. The largest absolute Gasteiger partial charge is 0.374 e. The van der Waals surface area contributed by atoms with E-state index < -0.39 is 5.82 Å². The quantitative estimate of drug-likeness (QED) is 0.777. The van der Waals surface area contributed by atoms with Crippen molar-refractivity contribution in [3.63, 3.8) is 0 Å².